The number of rotatable bonds is 8. The molecular weight excluding hydrogens is 460 g/mol. The number of hydrogen-bond acceptors (Lipinski definition) is 8. The van der Waals surface area contributed by atoms with Gasteiger partial charge in [-0.15, -0.1) is 11.3 Å². The first-order valence-corrected chi connectivity index (χ1v) is 14.4. The van der Waals surface area contributed by atoms with E-state index in [1.807, 2.05) is 0 Å². The Labute approximate surface area is 187 Å². The average Bonchev–Trinajstić information content (AvgIpc) is 3.20. The Kier molecular flexibility index (Phi) is 7.51. The van der Waals surface area contributed by atoms with Crippen molar-refractivity contribution in [2.75, 3.05) is 18.6 Å². The third-order valence-electron chi connectivity index (χ3n) is 4.99. The molecule has 0 aliphatic carbocycles. The van der Waals surface area contributed by atoms with E-state index in [1.165, 1.54) is 27.8 Å². The predicted molar refractivity (Wildman–Crippen MR) is 119 cm³/mol. The number of carbonyl (C=O) groups excluding carboxylic acids is 1. The second-order valence-electron chi connectivity index (χ2n) is 7.49. The van der Waals surface area contributed by atoms with Crippen LogP contribution < -0.4 is 0 Å². The lowest BCUT2D eigenvalue weighted by Crippen LogP contribution is -2.49. The summed E-state index contributed by atoms with van der Waals surface area (Å²) in [5.74, 6) is -0.531. The van der Waals surface area contributed by atoms with Gasteiger partial charge >= 0.3 is 5.97 Å². The quantitative estimate of drug-likeness (QED) is 0.528. The van der Waals surface area contributed by atoms with Crippen molar-refractivity contribution < 1.29 is 26.4 Å². The zero-order valence-corrected chi connectivity index (χ0v) is 19.9. The Morgan fingerprint density at radius 1 is 1.19 bits per heavy atom. The topological polar surface area (TPSA) is 111 Å². The Balaban J connectivity index is 1.65. The zero-order valence-electron chi connectivity index (χ0n) is 17.5. The minimum absolute atomic E-state index is 0.0182. The van der Waals surface area contributed by atoms with Gasteiger partial charge in [-0.1, -0.05) is 19.1 Å². The maximum atomic E-state index is 12.6. The van der Waals surface area contributed by atoms with Crippen LogP contribution in [-0.2, 0) is 36.0 Å². The van der Waals surface area contributed by atoms with Gasteiger partial charge in [-0.2, -0.15) is 4.31 Å². The number of esters is 1. The highest BCUT2D eigenvalue weighted by Crippen LogP contribution is 2.26. The number of sulfone groups is 1. The number of benzene rings is 1. The number of ether oxygens (including phenoxy) is 1. The second-order valence-corrected chi connectivity index (χ2v) is 12.4. The van der Waals surface area contributed by atoms with Gasteiger partial charge in [0.05, 0.1) is 16.3 Å². The Hall–Kier alpha value is -1.82. The molecule has 0 radical (unpaired) electrons. The third-order valence-corrected chi connectivity index (χ3v) is 9.13. The van der Waals surface area contributed by atoms with Crippen LogP contribution in [0.2, 0.25) is 0 Å². The number of hydrogen-bond donors (Lipinski definition) is 0. The van der Waals surface area contributed by atoms with Crippen molar-refractivity contribution in [3.8, 4) is 10.6 Å². The minimum Gasteiger partial charge on any atom is -0.458 e. The normalized spacial score (nSPS) is 18.1. The molecule has 11 heteroatoms. The van der Waals surface area contributed by atoms with E-state index in [-0.39, 0.29) is 17.3 Å². The third kappa shape index (κ3) is 5.91. The molecule has 1 aliphatic heterocycles. The van der Waals surface area contributed by atoms with E-state index in [1.54, 1.807) is 24.4 Å². The molecule has 0 amide bonds. The molecule has 1 fully saturated rings. The lowest BCUT2D eigenvalue weighted by Gasteiger charge is -2.32. The van der Waals surface area contributed by atoms with Crippen LogP contribution >= 0.6 is 11.3 Å². The van der Waals surface area contributed by atoms with Gasteiger partial charge in [-0.3, -0.25) is 4.79 Å². The highest BCUT2D eigenvalue weighted by atomic mass is 32.2. The van der Waals surface area contributed by atoms with E-state index in [2.05, 4.69) is 4.98 Å². The molecule has 31 heavy (non-hydrogen) atoms. The summed E-state index contributed by atoms with van der Waals surface area (Å²) >= 11 is 1.36. The fourth-order valence-electron chi connectivity index (χ4n) is 3.44. The summed E-state index contributed by atoms with van der Waals surface area (Å²) in [4.78, 5) is 17.3. The highest BCUT2D eigenvalue weighted by Gasteiger charge is 2.37. The van der Waals surface area contributed by atoms with Gasteiger partial charge in [0.25, 0.3) is 0 Å². The molecular formula is C20H26N2O6S3. The molecule has 1 saturated heterocycles. The van der Waals surface area contributed by atoms with Crippen molar-refractivity contribution in [1.82, 2.24) is 9.29 Å². The number of sulfonamides is 1. The molecule has 1 atom stereocenters. The van der Waals surface area contributed by atoms with Gasteiger partial charge in [0.15, 0.2) is 9.84 Å². The summed E-state index contributed by atoms with van der Waals surface area (Å²) in [7, 11) is -6.75. The van der Waals surface area contributed by atoms with Crippen molar-refractivity contribution in [3.63, 3.8) is 0 Å². The summed E-state index contributed by atoms with van der Waals surface area (Å²) in [6.07, 6.45) is 3.62. The maximum Gasteiger partial charge on any atom is 0.324 e. The fraction of sp³-hybridized carbons (Fsp3) is 0.500. The fourth-order valence-corrected chi connectivity index (χ4v) is 6.62. The second kappa shape index (κ2) is 9.76. The van der Waals surface area contributed by atoms with Crippen LogP contribution in [0, 0.1) is 0 Å². The van der Waals surface area contributed by atoms with E-state index in [0.717, 1.165) is 24.7 Å². The minimum atomic E-state index is -3.48. The number of thiazole rings is 1. The van der Waals surface area contributed by atoms with Gasteiger partial charge in [-0.25, -0.2) is 21.8 Å². The van der Waals surface area contributed by atoms with E-state index in [9.17, 15) is 21.6 Å². The molecule has 2 aromatic rings. The lowest BCUT2D eigenvalue weighted by atomic mass is 10.1. The maximum absolute atomic E-state index is 12.6. The molecule has 1 aromatic carbocycles. The van der Waals surface area contributed by atoms with Crippen molar-refractivity contribution in [2.24, 2.45) is 0 Å². The number of nitrogens with zero attached hydrogens (tertiary/aromatic N) is 2. The SMILES string of the molecule is CCCS(=O)(=O)N1CCCCC1C(=O)OCc1csc(-c2ccc(S(C)(=O)=O)cc2)n1. The van der Waals surface area contributed by atoms with Gasteiger partial charge in [-0.05, 0) is 37.8 Å². The van der Waals surface area contributed by atoms with Gasteiger partial charge in [0.2, 0.25) is 10.0 Å². The van der Waals surface area contributed by atoms with Crippen molar-refractivity contribution >= 4 is 37.2 Å². The predicted octanol–water partition coefficient (Wildman–Crippen LogP) is 2.85. The van der Waals surface area contributed by atoms with E-state index in [4.69, 9.17) is 4.74 Å². The van der Waals surface area contributed by atoms with Gasteiger partial charge in [0, 0.05) is 23.7 Å². The van der Waals surface area contributed by atoms with Crippen LogP contribution in [0.25, 0.3) is 10.6 Å². The summed E-state index contributed by atoms with van der Waals surface area (Å²) in [5.41, 5.74) is 1.32. The van der Waals surface area contributed by atoms with Crippen LogP contribution in [-0.4, -0.2) is 56.7 Å². The highest BCUT2D eigenvalue weighted by molar-refractivity contribution is 7.90. The van der Waals surface area contributed by atoms with Crippen LogP contribution in [0.1, 0.15) is 38.3 Å². The monoisotopic (exact) mass is 486 g/mol. The molecule has 1 unspecified atom stereocenters. The molecule has 170 valence electrons. The first kappa shape index (κ1) is 23.8. The van der Waals surface area contributed by atoms with Gasteiger partial charge in [0.1, 0.15) is 17.7 Å². The van der Waals surface area contributed by atoms with E-state index >= 15 is 0 Å². The van der Waals surface area contributed by atoms with Crippen molar-refractivity contribution in [3.05, 3.63) is 35.3 Å². The molecule has 2 heterocycles. The Morgan fingerprint density at radius 2 is 1.90 bits per heavy atom. The lowest BCUT2D eigenvalue weighted by molar-refractivity contribution is -0.150. The molecule has 3 rings (SSSR count). The van der Waals surface area contributed by atoms with Crippen LogP contribution in [0.4, 0.5) is 0 Å². The van der Waals surface area contributed by atoms with Crippen LogP contribution in [0.5, 0.6) is 0 Å². The van der Waals surface area contributed by atoms with E-state index < -0.39 is 31.9 Å². The summed E-state index contributed by atoms with van der Waals surface area (Å²) in [5, 5.41) is 2.44. The zero-order chi connectivity index (χ0) is 22.6. The largest absolute Gasteiger partial charge is 0.458 e. The van der Waals surface area contributed by atoms with Gasteiger partial charge < -0.3 is 4.74 Å². The molecule has 1 aliphatic rings. The Bertz CT molecular complexity index is 1120. The molecule has 0 bridgehead atoms. The van der Waals surface area contributed by atoms with Crippen LogP contribution in [0.3, 0.4) is 0 Å². The van der Waals surface area contributed by atoms with Crippen LogP contribution in [0.15, 0.2) is 34.5 Å². The molecule has 1 aromatic heterocycles. The average molecular weight is 487 g/mol. The number of aromatic nitrogens is 1. The molecule has 8 nitrogen and oxygen atoms in total. The Morgan fingerprint density at radius 3 is 2.55 bits per heavy atom. The smallest absolute Gasteiger partial charge is 0.324 e. The molecule has 0 spiro atoms. The first-order chi connectivity index (χ1) is 14.6. The molecule has 0 saturated carbocycles. The first-order valence-electron chi connectivity index (χ1n) is 10.0. The number of carbonyl (C=O) groups is 1. The van der Waals surface area contributed by atoms with Crippen molar-refractivity contribution in [1.29, 1.82) is 0 Å². The van der Waals surface area contributed by atoms with E-state index in [0.29, 0.717) is 30.1 Å². The van der Waals surface area contributed by atoms with Crippen molar-refractivity contribution in [2.45, 2.75) is 50.2 Å². The standard InChI is InChI=1S/C20H26N2O6S3/c1-3-12-31(26,27)22-11-5-4-6-18(22)20(23)28-13-16-14-29-19(21-16)15-7-9-17(10-8-15)30(2,24)25/h7-10,14,18H,3-6,11-13H2,1-2H3. The number of piperidine rings is 1. The summed E-state index contributed by atoms with van der Waals surface area (Å²) < 4.78 is 54.8. The summed E-state index contributed by atoms with van der Waals surface area (Å²) in [6, 6.07) is 5.64. The molecule has 0 N–H and O–H groups in total. The summed E-state index contributed by atoms with van der Waals surface area (Å²) in [6.45, 7) is 2.09.